The van der Waals surface area contributed by atoms with Crippen LogP contribution in [0.1, 0.15) is 36.1 Å². The van der Waals surface area contributed by atoms with Crippen LogP contribution in [0.2, 0.25) is 0 Å². The second kappa shape index (κ2) is 7.89. The van der Waals surface area contributed by atoms with Gasteiger partial charge in [-0.05, 0) is 54.8 Å². The zero-order valence-electron chi connectivity index (χ0n) is 15.4. The average Bonchev–Trinajstić information content (AvgIpc) is 3.10. The van der Waals surface area contributed by atoms with Crippen molar-refractivity contribution in [3.05, 3.63) is 59.7 Å². The highest BCUT2D eigenvalue weighted by atomic mass is 16.5. The molecular weight excluding hydrogens is 312 g/mol. The van der Waals surface area contributed by atoms with Crippen LogP contribution in [0.4, 0.5) is 5.69 Å². The SMILES string of the molecule is COc1cccc(C(O)CN2CCCC2c2cccc(N(C)C)c2)c1. The molecule has 0 amide bonds. The summed E-state index contributed by atoms with van der Waals surface area (Å²) in [6.45, 7) is 1.67. The fraction of sp³-hybridized carbons (Fsp3) is 0.429. The minimum Gasteiger partial charge on any atom is -0.497 e. The number of β-amino-alcohol motifs (C(OH)–C–C–N with tert-alkyl or cyclic N) is 1. The van der Waals surface area contributed by atoms with Gasteiger partial charge in [0.1, 0.15) is 5.75 Å². The Bertz CT molecular complexity index is 702. The Labute approximate surface area is 150 Å². The topological polar surface area (TPSA) is 35.9 Å². The van der Waals surface area contributed by atoms with E-state index in [0.717, 1.165) is 24.3 Å². The zero-order chi connectivity index (χ0) is 17.8. The Morgan fingerprint density at radius 3 is 2.76 bits per heavy atom. The van der Waals surface area contributed by atoms with Crippen molar-refractivity contribution in [3.8, 4) is 5.75 Å². The van der Waals surface area contributed by atoms with E-state index in [2.05, 4.69) is 48.2 Å². The van der Waals surface area contributed by atoms with Gasteiger partial charge in [-0.3, -0.25) is 4.90 Å². The molecule has 134 valence electrons. The van der Waals surface area contributed by atoms with Crippen LogP contribution in [-0.2, 0) is 0 Å². The third-order valence-corrected chi connectivity index (χ3v) is 5.02. The highest BCUT2D eigenvalue weighted by Gasteiger charge is 2.28. The van der Waals surface area contributed by atoms with Gasteiger partial charge in [0.2, 0.25) is 0 Å². The summed E-state index contributed by atoms with van der Waals surface area (Å²) < 4.78 is 5.27. The molecule has 25 heavy (non-hydrogen) atoms. The van der Waals surface area contributed by atoms with Crippen LogP contribution in [0.15, 0.2) is 48.5 Å². The number of likely N-dealkylation sites (tertiary alicyclic amines) is 1. The van der Waals surface area contributed by atoms with E-state index in [1.54, 1.807) is 7.11 Å². The lowest BCUT2D eigenvalue weighted by Crippen LogP contribution is -2.28. The Hall–Kier alpha value is -2.04. The van der Waals surface area contributed by atoms with Crippen molar-refractivity contribution in [2.45, 2.75) is 25.0 Å². The summed E-state index contributed by atoms with van der Waals surface area (Å²) >= 11 is 0. The van der Waals surface area contributed by atoms with E-state index in [9.17, 15) is 5.11 Å². The predicted octanol–water partition coefficient (Wildman–Crippen LogP) is 3.63. The minimum absolute atomic E-state index is 0.375. The summed E-state index contributed by atoms with van der Waals surface area (Å²) in [4.78, 5) is 4.53. The van der Waals surface area contributed by atoms with Crippen molar-refractivity contribution in [1.29, 1.82) is 0 Å². The van der Waals surface area contributed by atoms with Gasteiger partial charge in [0.25, 0.3) is 0 Å². The molecule has 4 heteroatoms. The molecule has 1 N–H and O–H groups in total. The number of anilines is 1. The summed E-state index contributed by atoms with van der Waals surface area (Å²) in [6, 6.07) is 16.8. The van der Waals surface area contributed by atoms with Crippen molar-refractivity contribution < 1.29 is 9.84 Å². The third-order valence-electron chi connectivity index (χ3n) is 5.02. The zero-order valence-corrected chi connectivity index (χ0v) is 15.4. The fourth-order valence-corrected chi connectivity index (χ4v) is 3.61. The van der Waals surface area contributed by atoms with Crippen molar-refractivity contribution in [1.82, 2.24) is 4.90 Å². The Morgan fingerprint density at radius 2 is 2.00 bits per heavy atom. The number of rotatable bonds is 6. The first-order valence-corrected chi connectivity index (χ1v) is 8.92. The Balaban J connectivity index is 1.74. The predicted molar refractivity (Wildman–Crippen MR) is 102 cm³/mol. The average molecular weight is 340 g/mol. The fourth-order valence-electron chi connectivity index (χ4n) is 3.61. The molecule has 0 saturated carbocycles. The number of hydrogen-bond acceptors (Lipinski definition) is 4. The maximum Gasteiger partial charge on any atom is 0.119 e. The van der Waals surface area contributed by atoms with E-state index in [-0.39, 0.29) is 0 Å². The smallest absolute Gasteiger partial charge is 0.119 e. The van der Waals surface area contributed by atoms with Crippen LogP contribution < -0.4 is 9.64 Å². The van der Waals surface area contributed by atoms with Crippen LogP contribution >= 0.6 is 0 Å². The minimum atomic E-state index is -0.507. The van der Waals surface area contributed by atoms with E-state index in [1.165, 1.54) is 17.7 Å². The van der Waals surface area contributed by atoms with Crippen molar-refractivity contribution in [3.63, 3.8) is 0 Å². The molecule has 3 rings (SSSR count). The van der Waals surface area contributed by atoms with Crippen molar-refractivity contribution in [2.24, 2.45) is 0 Å². The summed E-state index contributed by atoms with van der Waals surface area (Å²) in [7, 11) is 5.79. The number of hydrogen-bond donors (Lipinski definition) is 1. The van der Waals surface area contributed by atoms with Gasteiger partial charge in [0.05, 0.1) is 13.2 Å². The molecule has 0 bridgehead atoms. The second-order valence-corrected chi connectivity index (χ2v) is 6.93. The van der Waals surface area contributed by atoms with Gasteiger partial charge in [-0.1, -0.05) is 24.3 Å². The number of nitrogens with zero attached hydrogens (tertiary/aromatic N) is 2. The van der Waals surface area contributed by atoms with Crippen LogP contribution in [0.5, 0.6) is 5.75 Å². The van der Waals surface area contributed by atoms with Gasteiger partial charge in [0.15, 0.2) is 0 Å². The van der Waals surface area contributed by atoms with E-state index >= 15 is 0 Å². The lowest BCUT2D eigenvalue weighted by Gasteiger charge is -2.28. The van der Waals surface area contributed by atoms with Gasteiger partial charge < -0.3 is 14.7 Å². The molecule has 0 radical (unpaired) electrons. The first-order chi connectivity index (χ1) is 12.1. The van der Waals surface area contributed by atoms with E-state index in [0.29, 0.717) is 12.6 Å². The third kappa shape index (κ3) is 4.14. The van der Waals surface area contributed by atoms with Crippen LogP contribution in [0.3, 0.4) is 0 Å². The Morgan fingerprint density at radius 1 is 1.20 bits per heavy atom. The van der Waals surface area contributed by atoms with E-state index in [1.807, 2.05) is 24.3 Å². The first-order valence-electron chi connectivity index (χ1n) is 8.92. The molecule has 1 fully saturated rings. The molecule has 2 unspecified atom stereocenters. The summed E-state index contributed by atoms with van der Waals surface area (Å²) in [5.74, 6) is 0.785. The van der Waals surface area contributed by atoms with E-state index < -0.39 is 6.10 Å². The molecule has 1 aliphatic rings. The number of benzene rings is 2. The number of ether oxygens (including phenoxy) is 1. The highest BCUT2D eigenvalue weighted by molar-refractivity contribution is 5.48. The maximum absolute atomic E-state index is 10.7. The molecule has 4 nitrogen and oxygen atoms in total. The van der Waals surface area contributed by atoms with Gasteiger partial charge in [-0.2, -0.15) is 0 Å². The summed E-state index contributed by atoms with van der Waals surface area (Å²) in [5.41, 5.74) is 3.46. The summed E-state index contributed by atoms with van der Waals surface area (Å²) in [5, 5.41) is 10.7. The molecule has 1 heterocycles. The van der Waals surface area contributed by atoms with Crippen LogP contribution in [0, 0.1) is 0 Å². The largest absolute Gasteiger partial charge is 0.497 e. The molecular formula is C21H28N2O2. The van der Waals surface area contributed by atoms with Crippen molar-refractivity contribution >= 4 is 5.69 Å². The monoisotopic (exact) mass is 340 g/mol. The van der Waals surface area contributed by atoms with Gasteiger partial charge in [0, 0.05) is 32.4 Å². The van der Waals surface area contributed by atoms with E-state index in [4.69, 9.17) is 4.74 Å². The molecule has 2 atom stereocenters. The lowest BCUT2D eigenvalue weighted by atomic mass is 10.0. The quantitative estimate of drug-likeness (QED) is 0.871. The number of methoxy groups -OCH3 is 1. The number of aliphatic hydroxyl groups is 1. The van der Waals surface area contributed by atoms with Crippen LogP contribution in [-0.4, -0.2) is 44.3 Å². The number of aliphatic hydroxyl groups excluding tert-OH is 1. The first kappa shape index (κ1) is 17.8. The lowest BCUT2D eigenvalue weighted by molar-refractivity contribution is 0.106. The molecule has 2 aromatic carbocycles. The standard InChI is InChI=1S/C21H28N2O2/c1-22(2)18-9-4-7-16(13-18)20-11-6-12-23(20)15-21(24)17-8-5-10-19(14-17)25-3/h4-5,7-10,13-14,20-21,24H,6,11-12,15H2,1-3H3. The summed E-state index contributed by atoms with van der Waals surface area (Å²) in [6.07, 6.45) is 1.80. The van der Waals surface area contributed by atoms with Gasteiger partial charge in [-0.15, -0.1) is 0 Å². The molecule has 2 aromatic rings. The molecule has 1 aliphatic heterocycles. The Kier molecular flexibility index (Phi) is 5.61. The molecule has 0 aliphatic carbocycles. The van der Waals surface area contributed by atoms with Crippen LogP contribution in [0.25, 0.3) is 0 Å². The van der Waals surface area contributed by atoms with Gasteiger partial charge in [-0.25, -0.2) is 0 Å². The molecule has 1 saturated heterocycles. The van der Waals surface area contributed by atoms with Gasteiger partial charge >= 0.3 is 0 Å². The second-order valence-electron chi connectivity index (χ2n) is 6.93. The maximum atomic E-state index is 10.7. The highest BCUT2D eigenvalue weighted by Crippen LogP contribution is 2.35. The van der Waals surface area contributed by atoms with Crippen molar-refractivity contribution in [2.75, 3.05) is 39.2 Å². The molecule has 0 spiro atoms. The molecule has 0 aromatic heterocycles. The normalized spacial score (nSPS) is 19.0.